The van der Waals surface area contributed by atoms with Gasteiger partial charge in [-0.3, -0.25) is 0 Å². The molecule has 1 aromatic rings. The van der Waals surface area contributed by atoms with Crippen molar-refractivity contribution in [1.82, 2.24) is 5.43 Å². The van der Waals surface area contributed by atoms with E-state index in [1.54, 1.807) is 0 Å². The Morgan fingerprint density at radius 3 is 2.63 bits per heavy atom. The van der Waals surface area contributed by atoms with E-state index < -0.39 is 17.7 Å². The number of amides is 2. The summed E-state index contributed by atoms with van der Waals surface area (Å²) < 4.78 is 32.4. The van der Waals surface area contributed by atoms with Gasteiger partial charge in [0.15, 0.2) is 0 Å². The summed E-state index contributed by atoms with van der Waals surface area (Å²) in [4.78, 5) is 10.4. The molecule has 0 aliphatic rings. The van der Waals surface area contributed by atoms with Crippen LogP contribution < -0.4 is 15.9 Å². The number of rotatable bonds is 6. The highest BCUT2D eigenvalue weighted by Crippen LogP contribution is 2.19. The maximum atomic E-state index is 13.6. The summed E-state index contributed by atoms with van der Waals surface area (Å²) in [6.07, 6.45) is 2.56. The lowest BCUT2D eigenvalue weighted by Crippen LogP contribution is -2.24. The maximum absolute atomic E-state index is 13.6. The highest BCUT2D eigenvalue weighted by atomic mass is 19.1. The van der Waals surface area contributed by atoms with Crippen LogP contribution in [-0.2, 0) is 0 Å². The summed E-state index contributed by atoms with van der Waals surface area (Å²) in [5.74, 6) is -1.55. The zero-order valence-corrected chi connectivity index (χ0v) is 10.5. The predicted octanol–water partition coefficient (Wildman–Crippen LogP) is 2.15. The number of halogens is 2. The van der Waals surface area contributed by atoms with Crippen molar-refractivity contribution in [2.45, 2.75) is 19.8 Å². The molecule has 2 amide bonds. The summed E-state index contributed by atoms with van der Waals surface area (Å²) in [5, 5.41) is 3.30. The van der Waals surface area contributed by atoms with Gasteiger partial charge in [0, 0.05) is 12.1 Å². The molecule has 19 heavy (non-hydrogen) atoms. The van der Waals surface area contributed by atoms with Gasteiger partial charge in [-0.2, -0.15) is 5.10 Å². The van der Waals surface area contributed by atoms with E-state index in [0.717, 1.165) is 31.2 Å². The number of urea groups is 1. The number of nitrogens with two attached hydrogens (primary N) is 1. The van der Waals surface area contributed by atoms with Crippen molar-refractivity contribution in [1.29, 1.82) is 0 Å². The van der Waals surface area contributed by atoms with Crippen LogP contribution in [0.2, 0.25) is 0 Å². The average molecular weight is 271 g/mol. The van der Waals surface area contributed by atoms with Gasteiger partial charge in [-0.05, 0) is 6.42 Å². The van der Waals surface area contributed by atoms with E-state index in [0.29, 0.717) is 6.61 Å². The molecule has 0 unspecified atom stereocenters. The number of hydrazone groups is 1. The van der Waals surface area contributed by atoms with Crippen molar-refractivity contribution in [2.24, 2.45) is 10.8 Å². The Bertz CT molecular complexity index is 455. The molecule has 0 fully saturated rings. The van der Waals surface area contributed by atoms with Crippen molar-refractivity contribution in [3.8, 4) is 5.75 Å². The molecule has 7 heteroatoms. The van der Waals surface area contributed by atoms with E-state index in [-0.39, 0.29) is 11.3 Å². The minimum Gasteiger partial charge on any atom is -0.493 e. The van der Waals surface area contributed by atoms with Crippen LogP contribution in [0.4, 0.5) is 13.6 Å². The Morgan fingerprint density at radius 1 is 1.47 bits per heavy atom. The van der Waals surface area contributed by atoms with E-state index in [1.807, 2.05) is 12.3 Å². The number of hydrogen-bond donors (Lipinski definition) is 2. The van der Waals surface area contributed by atoms with E-state index in [1.165, 1.54) is 0 Å². The molecule has 1 aromatic carbocycles. The van der Waals surface area contributed by atoms with E-state index in [4.69, 9.17) is 10.5 Å². The molecule has 1 rings (SSSR count). The molecule has 0 saturated carbocycles. The third-order valence-corrected chi connectivity index (χ3v) is 2.19. The van der Waals surface area contributed by atoms with Gasteiger partial charge in [0.05, 0.1) is 18.4 Å². The van der Waals surface area contributed by atoms with Crippen LogP contribution in [0.5, 0.6) is 5.75 Å². The number of nitrogens with one attached hydrogen (secondary N) is 1. The topological polar surface area (TPSA) is 76.7 Å². The number of carbonyl (C=O) groups is 1. The standard InChI is InChI=1S/C12H15F2N3O2/c1-2-3-4-19-8-5-10(13)9(11(14)6-8)7-16-17-12(15)18/h5-7H,2-4H2,1H3,(H3,15,17,18). The van der Waals surface area contributed by atoms with Crippen molar-refractivity contribution in [2.75, 3.05) is 6.61 Å². The second-order valence-corrected chi connectivity index (χ2v) is 3.74. The first-order chi connectivity index (χ1) is 9.04. The van der Waals surface area contributed by atoms with Crippen LogP contribution >= 0.6 is 0 Å². The Morgan fingerprint density at radius 2 is 2.11 bits per heavy atom. The Balaban J connectivity index is 2.79. The highest BCUT2D eigenvalue weighted by molar-refractivity contribution is 5.82. The van der Waals surface area contributed by atoms with Gasteiger partial charge in [0.1, 0.15) is 17.4 Å². The molecule has 0 saturated heterocycles. The van der Waals surface area contributed by atoms with Gasteiger partial charge in [-0.15, -0.1) is 0 Å². The predicted molar refractivity (Wildman–Crippen MR) is 67.1 cm³/mol. The van der Waals surface area contributed by atoms with Gasteiger partial charge >= 0.3 is 6.03 Å². The molecule has 0 aliphatic heterocycles. The fourth-order valence-corrected chi connectivity index (χ4v) is 1.26. The number of ether oxygens (including phenoxy) is 1. The number of carbonyl (C=O) groups excluding carboxylic acids is 1. The third-order valence-electron chi connectivity index (χ3n) is 2.19. The number of nitrogens with zero attached hydrogens (tertiary/aromatic N) is 1. The van der Waals surface area contributed by atoms with Crippen molar-refractivity contribution in [3.05, 3.63) is 29.3 Å². The van der Waals surface area contributed by atoms with Crippen molar-refractivity contribution in [3.63, 3.8) is 0 Å². The lowest BCUT2D eigenvalue weighted by molar-refractivity contribution is 0.249. The van der Waals surface area contributed by atoms with Crippen LogP contribution in [0.1, 0.15) is 25.3 Å². The average Bonchev–Trinajstić information content (AvgIpc) is 2.32. The molecule has 0 heterocycles. The minimum absolute atomic E-state index is 0.114. The molecule has 104 valence electrons. The zero-order valence-electron chi connectivity index (χ0n) is 10.5. The van der Waals surface area contributed by atoms with Crippen LogP contribution in [0.3, 0.4) is 0 Å². The molecule has 0 spiro atoms. The summed E-state index contributed by atoms with van der Waals surface area (Å²) in [6, 6.07) is 1.20. The zero-order chi connectivity index (χ0) is 14.3. The Hall–Kier alpha value is -2.18. The maximum Gasteiger partial charge on any atom is 0.332 e. The summed E-state index contributed by atoms with van der Waals surface area (Å²) in [5.41, 5.74) is 6.22. The molecule has 0 atom stereocenters. The van der Waals surface area contributed by atoms with Crippen LogP contribution in [0, 0.1) is 11.6 Å². The van der Waals surface area contributed by atoms with Gasteiger partial charge in [0.25, 0.3) is 0 Å². The number of unbranched alkanes of at least 4 members (excludes halogenated alkanes) is 1. The fourth-order valence-electron chi connectivity index (χ4n) is 1.26. The summed E-state index contributed by atoms with van der Waals surface area (Å²) in [7, 11) is 0. The molecule has 5 nitrogen and oxygen atoms in total. The first-order valence-corrected chi connectivity index (χ1v) is 5.75. The van der Waals surface area contributed by atoms with Gasteiger partial charge in [0.2, 0.25) is 0 Å². The number of hydrogen-bond acceptors (Lipinski definition) is 3. The lowest BCUT2D eigenvalue weighted by atomic mass is 10.2. The normalized spacial score (nSPS) is 10.7. The smallest absolute Gasteiger partial charge is 0.332 e. The molecule has 0 aromatic heterocycles. The highest BCUT2D eigenvalue weighted by Gasteiger charge is 2.10. The molecular formula is C12H15F2N3O2. The third kappa shape index (κ3) is 4.90. The molecule has 0 bridgehead atoms. The summed E-state index contributed by atoms with van der Waals surface area (Å²) >= 11 is 0. The molecule has 3 N–H and O–H groups in total. The first kappa shape index (κ1) is 14.9. The van der Waals surface area contributed by atoms with Crippen molar-refractivity contribution < 1.29 is 18.3 Å². The molecular weight excluding hydrogens is 256 g/mol. The molecule has 0 radical (unpaired) electrons. The van der Waals surface area contributed by atoms with E-state index in [9.17, 15) is 13.6 Å². The SMILES string of the molecule is CCCCOc1cc(F)c(C=NNC(N)=O)c(F)c1. The Labute approximate surface area is 109 Å². The largest absolute Gasteiger partial charge is 0.493 e. The monoisotopic (exact) mass is 271 g/mol. The second-order valence-electron chi connectivity index (χ2n) is 3.74. The lowest BCUT2D eigenvalue weighted by Gasteiger charge is -2.07. The number of primary amides is 1. The second kappa shape index (κ2) is 7.30. The minimum atomic E-state index is -0.920. The van der Waals surface area contributed by atoms with Gasteiger partial charge < -0.3 is 10.5 Å². The number of benzene rings is 1. The van der Waals surface area contributed by atoms with Crippen molar-refractivity contribution >= 4 is 12.2 Å². The van der Waals surface area contributed by atoms with Gasteiger partial charge in [-0.1, -0.05) is 13.3 Å². The fraction of sp³-hybridized carbons (Fsp3) is 0.333. The molecule has 0 aliphatic carbocycles. The summed E-state index contributed by atoms with van der Waals surface area (Å²) in [6.45, 7) is 2.38. The Kier molecular flexibility index (Phi) is 5.72. The van der Waals surface area contributed by atoms with Crippen LogP contribution in [0.25, 0.3) is 0 Å². The van der Waals surface area contributed by atoms with Crippen LogP contribution in [0.15, 0.2) is 17.2 Å². The van der Waals surface area contributed by atoms with Gasteiger partial charge in [-0.25, -0.2) is 19.0 Å². The first-order valence-electron chi connectivity index (χ1n) is 5.75. The quantitative estimate of drug-likeness (QED) is 0.472. The van der Waals surface area contributed by atoms with Crippen LogP contribution in [-0.4, -0.2) is 18.9 Å². The van der Waals surface area contributed by atoms with E-state index >= 15 is 0 Å². The van der Waals surface area contributed by atoms with E-state index in [2.05, 4.69) is 5.10 Å².